The third-order valence-corrected chi connectivity index (χ3v) is 6.53. The summed E-state index contributed by atoms with van der Waals surface area (Å²) in [5.41, 5.74) is 0.555. The molecule has 8 nitrogen and oxygen atoms in total. The number of nitrogens with one attached hydrogen (secondary N) is 2. The molecule has 0 aromatic heterocycles. The molecule has 0 saturated carbocycles. The Balaban J connectivity index is 1.92. The number of sulfonamides is 1. The Labute approximate surface area is 167 Å². The van der Waals surface area contributed by atoms with E-state index in [0.717, 1.165) is 0 Å². The van der Waals surface area contributed by atoms with E-state index in [9.17, 15) is 18.0 Å². The minimum absolute atomic E-state index is 0.0401. The number of benzene rings is 1. The minimum Gasteiger partial charge on any atom is -0.331 e. The molecule has 3 amide bonds. The van der Waals surface area contributed by atoms with Crippen molar-refractivity contribution in [2.75, 3.05) is 32.5 Å². The molecule has 1 aliphatic heterocycles. The molecule has 0 radical (unpaired) electrons. The van der Waals surface area contributed by atoms with E-state index < -0.39 is 10.0 Å². The monoisotopic (exact) mass is 410 g/mol. The van der Waals surface area contributed by atoms with Gasteiger partial charge < -0.3 is 15.1 Å². The average molecular weight is 411 g/mol. The van der Waals surface area contributed by atoms with Gasteiger partial charge in [0.15, 0.2) is 0 Å². The molecule has 2 N–H and O–H groups in total. The van der Waals surface area contributed by atoms with Crippen LogP contribution in [-0.2, 0) is 14.8 Å². The van der Waals surface area contributed by atoms with Crippen molar-refractivity contribution in [2.45, 2.75) is 44.0 Å². The summed E-state index contributed by atoms with van der Waals surface area (Å²) in [6.07, 6.45) is 1.92. The van der Waals surface area contributed by atoms with Crippen LogP contribution in [0.5, 0.6) is 0 Å². The number of carbonyl (C=O) groups excluding carboxylic acids is 2. The number of anilines is 1. The molecule has 156 valence electrons. The lowest BCUT2D eigenvalue weighted by Gasteiger charge is -2.33. The van der Waals surface area contributed by atoms with Crippen molar-refractivity contribution in [3.63, 3.8) is 0 Å². The predicted molar refractivity (Wildman–Crippen MR) is 109 cm³/mol. The van der Waals surface area contributed by atoms with Crippen molar-refractivity contribution >= 4 is 27.6 Å². The van der Waals surface area contributed by atoms with Crippen LogP contribution in [0.3, 0.4) is 0 Å². The fourth-order valence-corrected chi connectivity index (χ4v) is 4.32. The molecule has 0 bridgehead atoms. The molecule has 1 aromatic carbocycles. The lowest BCUT2D eigenvalue weighted by molar-refractivity contribution is -0.121. The van der Waals surface area contributed by atoms with E-state index in [2.05, 4.69) is 10.0 Å². The van der Waals surface area contributed by atoms with Crippen LogP contribution in [-0.4, -0.2) is 63.4 Å². The van der Waals surface area contributed by atoms with E-state index in [1.807, 2.05) is 13.8 Å². The van der Waals surface area contributed by atoms with Gasteiger partial charge in [-0.15, -0.1) is 0 Å². The summed E-state index contributed by atoms with van der Waals surface area (Å²) in [6.45, 7) is 4.82. The Hall–Kier alpha value is -2.13. The number of likely N-dealkylation sites (tertiary alicyclic amines) is 1. The quantitative estimate of drug-likeness (QED) is 0.750. The van der Waals surface area contributed by atoms with E-state index in [1.165, 1.54) is 17.0 Å². The first kappa shape index (κ1) is 22.2. The van der Waals surface area contributed by atoms with Crippen molar-refractivity contribution in [3.05, 3.63) is 24.3 Å². The second kappa shape index (κ2) is 9.38. The van der Waals surface area contributed by atoms with E-state index in [4.69, 9.17) is 0 Å². The smallest absolute Gasteiger partial charge is 0.319 e. The normalized spacial score (nSPS) is 16.5. The lowest BCUT2D eigenvalue weighted by atomic mass is 9.96. The van der Waals surface area contributed by atoms with Gasteiger partial charge in [-0.2, -0.15) is 0 Å². The van der Waals surface area contributed by atoms with Crippen LogP contribution < -0.4 is 10.0 Å². The van der Waals surface area contributed by atoms with Crippen LogP contribution in [0.2, 0.25) is 0 Å². The van der Waals surface area contributed by atoms with E-state index in [-0.39, 0.29) is 28.8 Å². The highest BCUT2D eigenvalue weighted by atomic mass is 32.2. The minimum atomic E-state index is -3.56. The van der Waals surface area contributed by atoms with Crippen molar-refractivity contribution in [3.8, 4) is 0 Å². The van der Waals surface area contributed by atoms with Crippen LogP contribution in [0.15, 0.2) is 29.2 Å². The van der Waals surface area contributed by atoms with Crippen molar-refractivity contribution < 1.29 is 18.0 Å². The zero-order valence-electron chi connectivity index (χ0n) is 16.9. The number of nitrogens with zero attached hydrogens (tertiary/aromatic N) is 2. The van der Waals surface area contributed by atoms with E-state index in [1.54, 1.807) is 31.1 Å². The zero-order valence-corrected chi connectivity index (χ0v) is 17.8. The summed E-state index contributed by atoms with van der Waals surface area (Å²) < 4.78 is 27.2. The Morgan fingerprint density at radius 3 is 2.25 bits per heavy atom. The van der Waals surface area contributed by atoms with Gasteiger partial charge in [0.25, 0.3) is 0 Å². The van der Waals surface area contributed by atoms with Gasteiger partial charge in [0, 0.05) is 44.8 Å². The molecule has 28 heavy (non-hydrogen) atoms. The molecule has 9 heteroatoms. The highest BCUT2D eigenvalue weighted by Gasteiger charge is 2.28. The Bertz CT molecular complexity index is 785. The topological polar surface area (TPSA) is 98.8 Å². The second-order valence-electron chi connectivity index (χ2n) is 7.38. The molecule has 2 rings (SSSR count). The molecular formula is C19H30N4O4S. The summed E-state index contributed by atoms with van der Waals surface area (Å²) in [7, 11) is -0.139. The zero-order chi connectivity index (χ0) is 20.9. The maximum absolute atomic E-state index is 12.5. The Kier molecular flexibility index (Phi) is 7.42. The van der Waals surface area contributed by atoms with Gasteiger partial charge >= 0.3 is 6.03 Å². The highest BCUT2D eigenvalue weighted by Crippen LogP contribution is 2.21. The van der Waals surface area contributed by atoms with Gasteiger partial charge in [-0.1, -0.05) is 6.92 Å². The predicted octanol–water partition coefficient (Wildman–Crippen LogP) is 2.10. The third kappa shape index (κ3) is 5.68. The van der Waals surface area contributed by atoms with Crippen LogP contribution in [0.25, 0.3) is 0 Å². The summed E-state index contributed by atoms with van der Waals surface area (Å²) in [6, 6.07) is 5.97. The van der Waals surface area contributed by atoms with Crippen LogP contribution >= 0.6 is 0 Å². The Morgan fingerprint density at radius 1 is 1.18 bits per heavy atom. The number of urea groups is 1. The number of rotatable bonds is 6. The van der Waals surface area contributed by atoms with Gasteiger partial charge in [-0.3, -0.25) is 4.79 Å². The van der Waals surface area contributed by atoms with E-state index >= 15 is 0 Å². The summed E-state index contributed by atoms with van der Waals surface area (Å²) in [5.74, 6) is -0.271. The van der Waals surface area contributed by atoms with Gasteiger partial charge in [-0.25, -0.2) is 17.9 Å². The highest BCUT2D eigenvalue weighted by molar-refractivity contribution is 7.89. The van der Waals surface area contributed by atoms with Gasteiger partial charge in [-0.05, 0) is 50.5 Å². The molecule has 1 unspecified atom stereocenters. The average Bonchev–Trinajstić information content (AvgIpc) is 2.67. The second-order valence-corrected chi connectivity index (χ2v) is 9.10. The maximum Gasteiger partial charge on any atom is 0.319 e. The molecule has 0 spiro atoms. The van der Waals surface area contributed by atoms with Crippen LogP contribution in [0.1, 0.15) is 33.1 Å². The number of carbonyl (C=O) groups is 2. The summed E-state index contributed by atoms with van der Waals surface area (Å²) in [5, 5.41) is 2.84. The first-order valence-electron chi connectivity index (χ1n) is 9.53. The fraction of sp³-hybridized carbons (Fsp3) is 0.579. The standard InChI is InChI=1S/C19H30N4O4S/c1-5-14(2)21-28(26,27)17-8-6-16(7-9-17)20-18(24)15-10-12-23(13-11-15)19(25)22(3)4/h6-9,14-15,21H,5,10-13H2,1-4H3,(H,20,24). The summed E-state index contributed by atoms with van der Waals surface area (Å²) in [4.78, 5) is 27.9. The molecule has 1 aromatic rings. The van der Waals surface area contributed by atoms with Gasteiger partial charge in [0.2, 0.25) is 15.9 Å². The van der Waals surface area contributed by atoms with Crippen molar-refractivity contribution in [1.82, 2.24) is 14.5 Å². The summed E-state index contributed by atoms with van der Waals surface area (Å²) >= 11 is 0. The fourth-order valence-electron chi connectivity index (χ4n) is 2.99. The Morgan fingerprint density at radius 2 is 1.75 bits per heavy atom. The van der Waals surface area contributed by atoms with Crippen LogP contribution in [0.4, 0.5) is 10.5 Å². The first-order valence-corrected chi connectivity index (χ1v) is 11.0. The molecule has 0 aliphatic carbocycles. The van der Waals surface area contributed by atoms with Gasteiger partial charge in [0.05, 0.1) is 4.90 Å². The SMILES string of the molecule is CCC(C)NS(=O)(=O)c1ccc(NC(=O)C2CCN(C(=O)N(C)C)CC2)cc1. The number of hydrogen-bond donors (Lipinski definition) is 2. The van der Waals surface area contributed by atoms with Gasteiger partial charge in [0.1, 0.15) is 0 Å². The third-order valence-electron chi connectivity index (χ3n) is 4.92. The first-order chi connectivity index (χ1) is 13.1. The molecule has 1 fully saturated rings. The number of amides is 3. The largest absolute Gasteiger partial charge is 0.331 e. The van der Waals surface area contributed by atoms with Crippen LogP contribution in [0, 0.1) is 5.92 Å². The van der Waals surface area contributed by atoms with E-state index in [0.29, 0.717) is 38.0 Å². The molecular weight excluding hydrogens is 380 g/mol. The van der Waals surface area contributed by atoms with Crippen molar-refractivity contribution in [2.24, 2.45) is 5.92 Å². The molecule has 1 aliphatic rings. The molecule has 1 atom stereocenters. The van der Waals surface area contributed by atoms with Crippen molar-refractivity contribution in [1.29, 1.82) is 0 Å². The lowest BCUT2D eigenvalue weighted by Crippen LogP contribution is -2.45. The molecule has 1 saturated heterocycles. The number of piperidine rings is 1. The maximum atomic E-state index is 12.5. The molecule has 1 heterocycles. The number of hydrogen-bond acceptors (Lipinski definition) is 4.